The van der Waals surface area contributed by atoms with E-state index in [2.05, 4.69) is 9.97 Å². The molecule has 0 spiro atoms. The summed E-state index contributed by atoms with van der Waals surface area (Å²) < 4.78 is 0. The van der Waals surface area contributed by atoms with Gasteiger partial charge in [0.25, 0.3) is 0 Å². The largest absolute Gasteiger partial charge is 0.384 e. The van der Waals surface area contributed by atoms with E-state index in [1.165, 1.54) is 0 Å². The molecular formula is C8H11N5O2S. The summed E-state index contributed by atoms with van der Waals surface area (Å²) in [4.78, 5) is 29.4. The number of rotatable bonds is 3. The van der Waals surface area contributed by atoms with Crippen molar-refractivity contribution in [3.05, 3.63) is 11.8 Å². The summed E-state index contributed by atoms with van der Waals surface area (Å²) >= 11 is 1.08. The topological polar surface area (TPSA) is 124 Å². The Labute approximate surface area is 96.0 Å². The molecular weight excluding hydrogens is 230 g/mol. The number of nitrogens with one attached hydrogen (secondary N) is 1. The van der Waals surface area contributed by atoms with Crippen LogP contribution in [-0.4, -0.2) is 27.7 Å². The van der Waals surface area contributed by atoms with Gasteiger partial charge in [-0.15, -0.1) is 0 Å². The highest BCUT2D eigenvalue weighted by molar-refractivity contribution is 7.99. The van der Waals surface area contributed by atoms with Gasteiger partial charge in [0, 0.05) is 11.8 Å². The van der Waals surface area contributed by atoms with Gasteiger partial charge in [-0.3, -0.25) is 10.1 Å². The number of carbonyl (C=O) groups is 2. The smallest absolute Gasteiger partial charge is 0.318 e. The maximum absolute atomic E-state index is 11.1. The number of nitrogens with zero attached hydrogens (tertiary/aromatic N) is 2. The minimum absolute atomic E-state index is 0.00579. The lowest BCUT2D eigenvalue weighted by molar-refractivity contribution is -0.117. The van der Waals surface area contributed by atoms with Crippen molar-refractivity contribution < 1.29 is 9.59 Å². The molecule has 0 aliphatic heterocycles. The predicted molar refractivity (Wildman–Crippen MR) is 59.6 cm³/mol. The Morgan fingerprint density at radius 1 is 1.50 bits per heavy atom. The fourth-order valence-corrected chi connectivity index (χ4v) is 1.64. The van der Waals surface area contributed by atoms with Gasteiger partial charge in [-0.25, -0.2) is 14.8 Å². The molecule has 0 saturated heterocycles. The van der Waals surface area contributed by atoms with Crippen molar-refractivity contribution >= 4 is 29.5 Å². The van der Waals surface area contributed by atoms with Crippen LogP contribution in [0.25, 0.3) is 0 Å². The maximum Gasteiger partial charge on any atom is 0.318 e. The average Bonchev–Trinajstić information content (AvgIpc) is 2.12. The lowest BCUT2D eigenvalue weighted by Crippen LogP contribution is -2.36. The van der Waals surface area contributed by atoms with Crippen LogP contribution >= 0.6 is 11.8 Å². The van der Waals surface area contributed by atoms with Gasteiger partial charge >= 0.3 is 6.03 Å². The fraction of sp³-hybridized carbons (Fsp3) is 0.250. The third-order valence-corrected chi connectivity index (χ3v) is 2.30. The third kappa shape index (κ3) is 4.13. The molecule has 0 unspecified atom stereocenters. The van der Waals surface area contributed by atoms with E-state index < -0.39 is 11.9 Å². The fourth-order valence-electron chi connectivity index (χ4n) is 0.933. The highest BCUT2D eigenvalue weighted by Gasteiger charge is 2.07. The lowest BCUT2D eigenvalue weighted by atomic mass is 10.4. The van der Waals surface area contributed by atoms with Crippen LogP contribution in [0.4, 0.5) is 10.6 Å². The van der Waals surface area contributed by atoms with Gasteiger partial charge in [-0.2, -0.15) is 0 Å². The second-order valence-electron chi connectivity index (χ2n) is 2.92. The van der Waals surface area contributed by atoms with Crippen molar-refractivity contribution in [1.29, 1.82) is 0 Å². The van der Waals surface area contributed by atoms with E-state index in [0.29, 0.717) is 16.7 Å². The number of urea groups is 1. The number of hydrogen-bond donors (Lipinski definition) is 3. The van der Waals surface area contributed by atoms with Crippen LogP contribution < -0.4 is 16.8 Å². The molecule has 0 aliphatic rings. The van der Waals surface area contributed by atoms with Crippen LogP contribution in [0.2, 0.25) is 0 Å². The molecule has 86 valence electrons. The van der Waals surface area contributed by atoms with E-state index >= 15 is 0 Å². The van der Waals surface area contributed by atoms with E-state index in [9.17, 15) is 9.59 Å². The number of nitrogens with two attached hydrogens (primary N) is 2. The third-order valence-electron chi connectivity index (χ3n) is 1.45. The van der Waals surface area contributed by atoms with Crippen molar-refractivity contribution in [2.24, 2.45) is 5.73 Å². The highest BCUT2D eigenvalue weighted by Crippen LogP contribution is 2.14. The Hall–Kier alpha value is -1.83. The Morgan fingerprint density at radius 3 is 2.75 bits per heavy atom. The number of anilines is 1. The van der Waals surface area contributed by atoms with Gasteiger partial charge in [0.05, 0.1) is 5.75 Å². The van der Waals surface area contributed by atoms with Crippen molar-refractivity contribution in [2.75, 3.05) is 11.5 Å². The van der Waals surface area contributed by atoms with Gasteiger partial charge < -0.3 is 11.5 Å². The molecule has 1 heterocycles. The summed E-state index contributed by atoms with van der Waals surface area (Å²) in [6.07, 6.45) is 0. The van der Waals surface area contributed by atoms with Gasteiger partial charge in [0.15, 0.2) is 5.16 Å². The second kappa shape index (κ2) is 5.31. The first kappa shape index (κ1) is 12.2. The van der Waals surface area contributed by atoms with Crippen molar-refractivity contribution in [3.63, 3.8) is 0 Å². The lowest BCUT2D eigenvalue weighted by Gasteiger charge is -2.02. The molecule has 0 radical (unpaired) electrons. The van der Waals surface area contributed by atoms with Gasteiger partial charge in [-0.05, 0) is 6.92 Å². The Bertz CT molecular complexity index is 403. The van der Waals surface area contributed by atoms with E-state index in [4.69, 9.17) is 11.5 Å². The van der Waals surface area contributed by atoms with E-state index in [0.717, 1.165) is 11.8 Å². The Kier molecular flexibility index (Phi) is 4.06. The zero-order valence-corrected chi connectivity index (χ0v) is 9.37. The molecule has 3 amide bonds. The standard InChI is InChI=1S/C8H11N5O2S/c1-4-2-5(9)12-8(11-4)16-3-6(14)13-7(10)15/h2H,3H2,1H3,(H2,9,11,12)(H3,10,13,14,15). The van der Waals surface area contributed by atoms with Gasteiger partial charge in [0.1, 0.15) is 5.82 Å². The van der Waals surface area contributed by atoms with Crippen LogP contribution in [0.15, 0.2) is 11.2 Å². The summed E-state index contributed by atoms with van der Waals surface area (Å²) in [6, 6.07) is 0.739. The molecule has 0 aliphatic carbocycles. The zero-order chi connectivity index (χ0) is 12.1. The molecule has 16 heavy (non-hydrogen) atoms. The van der Waals surface area contributed by atoms with Crippen molar-refractivity contribution in [2.45, 2.75) is 12.1 Å². The molecule has 1 aromatic heterocycles. The first-order valence-corrected chi connectivity index (χ1v) is 5.29. The van der Waals surface area contributed by atoms with Crippen LogP contribution in [0.1, 0.15) is 5.69 Å². The van der Waals surface area contributed by atoms with Crippen LogP contribution in [0, 0.1) is 6.92 Å². The maximum atomic E-state index is 11.1. The quantitative estimate of drug-likeness (QED) is 0.491. The average molecular weight is 241 g/mol. The van der Waals surface area contributed by atoms with Crippen LogP contribution in [-0.2, 0) is 4.79 Å². The zero-order valence-electron chi connectivity index (χ0n) is 8.56. The molecule has 0 bridgehead atoms. The molecule has 0 atom stereocenters. The first-order chi connectivity index (χ1) is 7.47. The number of amides is 3. The second-order valence-corrected chi connectivity index (χ2v) is 3.86. The van der Waals surface area contributed by atoms with Gasteiger partial charge in [0.2, 0.25) is 5.91 Å². The van der Waals surface area contributed by atoms with E-state index in [1.807, 2.05) is 5.32 Å². The Balaban J connectivity index is 2.54. The number of nitrogen functional groups attached to an aromatic ring is 1. The Morgan fingerprint density at radius 2 is 2.19 bits per heavy atom. The molecule has 0 saturated carbocycles. The van der Waals surface area contributed by atoms with Crippen LogP contribution in [0.5, 0.6) is 0 Å². The molecule has 0 fully saturated rings. The monoisotopic (exact) mass is 241 g/mol. The van der Waals surface area contributed by atoms with Crippen molar-refractivity contribution in [3.8, 4) is 0 Å². The number of aryl methyl sites for hydroxylation is 1. The highest BCUT2D eigenvalue weighted by atomic mass is 32.2. The summed E-state index contributed by atoms with van der Waals surface area (Å²) in [5.41, 5.74) is 11.0. The normalized spacial score (nSPS) is 9.81. The SMILES string of the molecule is Cc1cc(N)nc(SCC(=O)NC(N)=O)n1. The molecule has 8 heteroatoms. The molecule has 1 rings (SSSR count). The first-order valence-electron chi connectivity index (χ1n) is 4.30. The number of hydrogen-bond acceptors (Lipinski definition) is 6. The van der Waals surface area contributed by atoms with Crippen LogP contribution in [0.3, 0.4) is 0 Å². The summed E-state index contributed by atoms with van der Waals surface area (Å²) in [6.45, 7) is 1.77. The van der Waals surface area contributed by atoms with Crippen molar-refractivity contribution in [1.82, 2.24) is 15.3 Å². The molecule has 5 N–H and O–H groups in total. The minimum atomic E-state index is -0.879. The number of aromatic nitrogens is 2. The summed E-state index contributed by atoms with van der Waals surface area (Å²) in [5, 5.41) is 2.32. The summed E-state index contributed by atoms with van der Waals surface area (Å²) in [5.74, 6) is -0.155. The number of carbonyl (C=O) groups excluding carboxylic acids is 2. The van der Waals surface area contributed by atoms with E-state index in [1.54, 1.807) is 13.0 Å². The predicted octanol–water partition coefficient (Wildman–Crippen LogP) is -0.346. The molecule has 7 nitrogen and oxygen atoms in total. The van der Waals surface area contributed by atoms with Gasteiger partial charge in [-0.1, -0.05) is 11.8 Å². The number of thioether (sulfide) groups is 1. The minimum Gasteiger partial charge on any atom is -0.384 e. The summed E-state index contributed by atoms with van der Waals surface area (Å²) in [7, 11) is 0. The number of imide groups is 1. The molecule has 0 aromatic carbocycles. The van der Waals surface area contributed by atoms with E-state index in [-0.39, 0.29) is 5.75 Å². The molecule has 1 aromatic rings. The number of primary amides is 1.